The summed E-state index contributed by atoms with van der Waals surface area (Å²) in [5.74, 6) is -0.252. The first-order valence-corrected chi connectivity index (χ1v) is 12.3. The predicted octanol–water partition coefficient (Wildman–Crippen LogP) is 2.13. The Bertz CT molecular complexity index is 1090. The molecule has 4 atom stereocenters. The van der Waals surface area contributed by atoms with Gasteiger partial charge < -0.3 is 30.1 Å². The maximum atomic E-state index is 13.2. The molecule has 3 N–H and O–H groups in total. The Hall–Kier alpha value is -2.43. The molecule has 3 aliphatic rings. The molecule has 2 amide bonds. The van der Waals surface area contributed by atoms with Crippen LogP contribution in [-0.2, 0) is 17.7 Å². The summed E-state index contributed by atoms with van der Waals surface area (Å²) in [6, 6.07) is 9.69. The number of nitrogens with one attached hydrogen (secondary N) is 2. The number of pyridine rings is 1. The molecule has 2 bridgehead atoms. The molecule has 2 unspecified atom stereocenters. The van der Waals surface area contributed by atoms with Crippen molar-refractivity contribution < 1.29 is 24.2 Å². The van der Waals surface area contributed by atoms with Crippen LogP contribution in [0.5, 0.6) is 5.75 Å². The maximum absolute atomic E-state index is 13.2. The Morgan fingerprint density at radius 3 is 2.62 bits per heavy atom. The molecule has 0 aliphatic carbocycles. The number of ether oxygens (including phenoxy) is 2. The SMILES string of the molecule is CCOc1cc(C(=O)N2C3CCC2COC3)ncc1C(=O)NC[C@@H](O)[C@@H]1Cc2ccccc2CN1.Cl.Cl. The molecule has 2 fully saturated rings. The Labute approximate surface area is 229 Å². The fourth-order valence-electron chi connectivity index (χ4n) is 5.28. The van der Waals surface area contributed by atoms with Crippen molar-refractivity contribution in [1.82, 2.24) is 20.5 Å². The van der Waals surface area contributed by atoms with Crippen molar-refractivity contribution in [1.29, 1.82) is 0 Å². The molecule has 0 saturated carbocycles. The van der Waals surface area contributed by atoms with Crippen LogP contribution in [0.3, 0.4) is 0 Å². The molecule has 0 radical (unpaired) electrons. The lowest BCUT2D eigenvalue weighted by molar-refractivity contribution is -0.00748. The van der Waals surface area contributed by atoms with E-state index in [-0.39, 0.29) is 66.6 Å². The summed E-state index contributed by atoms with van der Waals surface area (Å²) in [5.41, 5.74) is 2.93. The molecule has 2 aromatic rings. The van der Waals surface area contributed by atoms with E-state index in [1.165, 1.54) is 17.3 Å². The highest BCUT2D eigenvalue weighted by atomic mass is 35.5. The number of halogens is 2. The molecule has 1 aromatic heterocycles. The van der Waals surface area contributed by atoms with E-state index in [2.05, 4.69) is 27.8 Å². The predicted molar refractivity (Wildman–Crippen MR) is 143 cm³/mol. The summed E-state index contributed by atoms with van der Waals surface area (Å²) in [6.45, 7) is 4.03. The summed E-state index contributed by atoms with van der Waals surface area (Å²) < 4.78 is 11.3. The summed E-state index contributed by atoms with van der Waals surface area (Å²) in [5, 5.41) is 16.8. The zero-order chi connectivity index (χ0) is 24.4. The highest BCUT2D eigenvalue weighted by Gasteiger charge is 2.41. The Kier molecular flexibility index (Phi) is 10.1. The van der Waals surface area contributed by atoms with Gasteiger partial charge in [0.25, 0.3) is 11.8 Å². The molecular formula is C26H34Cl2N4O5. The van der Waals surface area contributed by atoms with Gasteiger partial charge in [0.05, 0.1) is 43.6 Å². The van der Waals surface area contributed by atoms with Crippen molar-refractivity contribution in [3.63, 3.8) is 0 Å². The van der Waals surface area contributed by atoms with Gasteiger partial charge in [0, 0.05) is 31.4 Å². The first kappa shape index (κ1) is 29.1. The van der Waals surface area contributed by atoms with E-state index in [1.807, 2.05) is 24.0 Å². The summed E-state index contributed by atoms with van der Waals surface area (Å²) in [4.78, 5) is 32.3. The summed E-state index contributed by atoms with van der Waals surface area (Å²) in [6.07, 6.45) is 3.18. The van der Waals surface area contributed by atoms with Gasteiger partial charge in [0.15, 0.2) is 0 Å². The second-order valence-corrected chi connectivity index (χ2v) is 9.37. The Morgan fingerprint density at radius 2 is 1.92 bits per heavy atom. The van der Waals surface area contributed by atoms with Crippen LogP contribution in [0.2, 0.25) is 0 Å². The molecule has 202 valence electrons. The number of morpholine rings is 1. The van der Waals surface area contributed by atoms with Crippen molar-refractivity contribution in [3.8, 4) is 5.75 Å². The van der Waals surface area contributed by atoms with Crippen LogP contribution in [-0.4, -0.2) is 77.4 Å². The average molecular weight is 553 g/mol. The normalized spacial score (nSPS) is 22.6. The zero-order valence-electron chi connectivity index (χ0n) is 20.7. The van der Waals surface area contributed by atoms with Gasteiger partial charge in [-0.1, -0.05) is 24.3 Å². The minimum absolute atomic E-state index is 0. The molecule has 0 spiro atoms. The van der Waals surface area contributed by atoms with Gasteiger partial charge in [-0.05, 0) is 37.3 Å². The van der Waals surface area contributed by atoms with Gasteiger partial charge in [-0.3, -0.25) is 9.59 Å². The number of hydrogen-bond acceptors (Lipinski definition) is 7. The van der Waals surface area contributed by atoms with Crippen molar-refractivity contribution >= 4 is 36.6 Å². The first-order chi connectivity index (χ1) is 17.0. The van der Waals surface area contributed by atoms with Crippen molar-refractivity contribution in [3.05, 3.63) is 58.9 Å². The number of hydrogen-bond donors (Lipinski definition) is 3. The van der Waals surface area contributed by atoms with E-state index >= 15 is 0 Å². The number of benzene rings is 1. The third-order valence-electron chi connectivity index (χ3n) is 7.15. The molecule has 1 aromatic carbocycles. The number of rotatable bonds is 7. The van der Waals surface area contributed by atoms with Gasteiger partial charge in [0.1, 0.15) is 11.4 Å². The van der Waals surface area contributed by atoms with Crippen LogP contribution in [0.4, 0.5) is 0 Å². The molecule has 3 aliphatic heterocycles. The van der Waals surface area contributed by atoms with E-state index in [0.29, 0.717) is 38.5 Å². The van der Waals surface area contributed by atoms with Gasteiger partial charge in [-0.25, -0.2) is 4.98 Å². The van der Waals surface area contributed by atoms with E-state index in [9.17, 15) is 14.7 Å². The molecule has 5 rings (SSSR count). The zero-order valence-corrected chi connectivity index (χ0v) is 22.4. The van der Waals surface area contributed by atoms with E-state index in [4.69, 9.17) is 9.47 Å². The van der Waals surface area contributed by atoms with Gasteiger partial charge >= 0.3 is 0 Å². The minimum atomic E-state index is -0.756. The fraction of sp³-hybridized carbons (Fsp3) is 0.500. The van der Waals surface area contributed by atoms with E-state index < -0.39 is 12.0 Å². The number of carbonyl (C=O) groups is 2. The van der Waals surface area contributed by atoms with Crippen LogP contribution in [0, 0.1) is 0 Å². The first-order valence-electron chi connectivity index (χ1n) is 12.3. The van der Waals surface area contributed by atoms with Crippen LogP contribution in [0.15, 0.2) is 36.5 Å². The molecule has 9 nitrogen and oxygen atoms in total. The lowest BCUT2D eigenvalue weighted by Crippen LogP contribution is -2.49. The number of carbonyl (C=O) groups excluding carboxylic acids is 2. The Balaban J connectivity index is 0.00000190. The smallest absolute Gasteiger partial charge is 0.273 e. The molecule has 37 heavy (non-hydrogen) atoms. The van der Waals surface area contributed by atoms with Gasteiger partial charge in [0.2, 0.25) is 0 Å². The molecule has 11 heteroatoms. The molecule has 4 heterocycles. The second kappa shape index (κ2) is 12.9. The summed E-state index contributed by atoms with van der Waals surface area (Å²) in [7, 11) is 0. The average Bonchev–Trinajstić information content (AvgIpc) is 3.14. The van der Waals surface area contributed by atoms with Crippen LogP contribution >= 0.6 is 24.8 Å². The van der Waals surface area contributed by atoms with E-state index in [0.717, 1.165) is 12.8 Å². The van der Waals surface area contributed by atoms with Crippen LogP contribution in [0.25, 0.3) is 0 Å². The van der Waals surface area contributed by atoms with Crippen LogP contribution < -0.4 is 15.4 Å². The van der Waals surface area contributed by atoms with Crippen molar-refractivity contribution in [2.75, 3.05) is 26.4 Å². The highest BCUT2D eigenvalue weighted by molar-refractivity contribution is 5.99. The monoisotopic (exact) mass is 552 g/mol. The summed E-state index contributed by atoms with van der Waals surface area (Å²) >= 11 is 0. The third-order valence-corrected chi connectivity index (χ3v) is 7.15. The lowest BCUT2D eigenvalue weighted by atomic mass is 9.93. The number of amides is 2. The number of fused-ring (bicyclic) bond motifs is 3. The number of nitrogens with zero attached hydrogens (tertiary/aromatic N) is 2. The number of aliphatic hydroxyl groups excluding tert-OH is 1. The van der Waals surface area contributed by atoms with E-state index in [1.54, 1.807) is 6.07 Å². The quantitative estimate of drug-likeness (QED) is 0.482. The van der Waals surface area contributed by atoms with Crippen LogP contribution in [0.1, 0.15) is 51.7 Å². The standard InChI is InChI=1S/C26H32N4O5.2ClH/c1-2-35-24-10-22(26(33)30-18-7-8-19(30)15-34-14-18)28-12-20(24)25(32)29-13-23(31)21-9-16-5-3-4-6-17(16)11-27-21;;/h3-6,10,12,18-19,21,23,27,31H,2,7-9,11,13-15H2,1H3,(H,29,32);2*1H/t18?,19?,21-,23+;;/m0../s1. The highest BCUT2D eigenvalue weighted by Crippen LogP contribution is 2.31. The van der Waals surface area contributed by atoms with Crippen molar-refractivity contribution in [2.24, 2.45) is 0 Å². The second-order valence-electron chi connectivity index (χ2n) is 9.37. The topological polar surface area (TPSA) is 113 Å². The Morgan fingerprint density at radius 1 is 1.22 bits per heavy atom. The molecular weight excluding hydrogens is 519 g/mol. The third kappa shape index (κ3) is 6.18. The van der Waals surface area contributed by atoms with Crippen molar-refractivity contribution in [2.45, 2.75) is 57.0 Å². The minimum Gasteiger partial charge on any atom is -0.493 e. The maximum Gasteiger partial charge on any atom is 0.273 e. The fourth-order valence-corrected chi connectivity index (χ4v) is 5.28. The van der Waals surface area contributed by atoms with Gasteiger partial charge in [-0.15, -0.1) is 24.8 Å². The lowest BCUT2D eigenvalue weighted by Gasteiger charge is -2.34. The number of aliphatic hydroxyl groups is 1. The largest absolute Gasteiger partial charge is 0.493 e. The van der Waals surface area contributed by atoms with Gasteiger partial charge in [-0.2, -0.15) is 0 Å². The number of aromatic nitrogens is 1. The molecule has 2 saturated heterocycles.